The van der Waals surface area contributed by atoms with Crippen LogP contribution in [0.15, 0.2) is 23.2 Å². The number of nitrogens with one attached hydrogen (secondary N) is 1. The largest absolute Gasteiger partial charge is 0.359 e. The van der Waals surface area contributed by atoms with Crippen molar-refractivity contribution in [1.82, 2.24) is 14.6 Å². The Hall–Kier alpha value is -1.54. The van der Waals surface area contributed by atoms with Crippen LogP contribution in [-0.2, 0) is 14.8 Å². The smallest absolute Gasteiger partial charge is 0.244 e. The van der Waals surface area contributed by atoms with Gasteiger partial charge < -0.3 is 5.32 Å². The molecule has 1 fully saturated rings. The van der Waals surface area contributed by atoms with Gasteiger partial charge in [0.1, 0.15) is 4.90 Å². The summed E-state index contributed by atoms with van der Waals surface area (Å²) in [5, 5.41) is 2.57. The maximum Gasteiger partial charge on any atom is 0.244 e. The number of carbonyl (C=O) groups excluding carboxylic acids is 1. The fraction of sp³-hybridized carbons (Fsp3) is 0.500. The molecule has 1 aliphatic rings. The second-order valence-electron chi connectivity index (χ2n) is 4.61. The van der Waals surface area contributed by atoms with Crippen LogP contribution in [-0.4, -0.2) is 43.8 Å². The minimum Gasteiger partial charge on any atom is -0.359 e. The first kappa shape index (κ1) is 14.9. The number of amides is 1. The lowest BCUT2D eigenvalue weighted by atomic mass is 9.97. The van der Waals surface area contributed by atoms with Gasteiger partial charge >= 0.3 is 0 Å². The standard InChI is InChI=1S/C12H16FN3O3S/c1-14-12(17)9-4-6-16(7-5-9)20(18,19)10-2-3-11(13)15-8-10/h2-3,8-9H,4-7H2,1H3,(H,14,17). The van der Waals surface area contributed by atoms with Gasteiger partial charge in [-0.1, -0.05) is 0 Å². The number of rotatable bonds is 3. The molecule has 0 unspecified atom stereocenters. The molecule has 1 aromatic heterocycles. The van der Waals surface area contributed by atoms with Crippen LogP contribution in [0.5, 0.6) is 0 Å². The van der Waals surface area contributed by atoms with E-state index in [4.69, 9.17) is 0 Å². The van der Waals surface area contributed by atoms with Gasteiger partial charge in [-0.15, -0.1) is 0 Å². The molecular formula is C12H16FN3O3S. The summed E-state index contributed by atoms with van der Waals surface area (Å²) in [6.07, 6.45) is 1.97. The van der Waals surface area contributed by atoms with Crippen molar-refractivity contribution in [2.45, 2.75) is 17.7 Å². The van der Waals surface area contributed by atoms with Crippen molar-refractivity contribution in [3.8, 4) is 0 Å². The van der Waals surface area contributed by atoms with Crippen LogP contribution in [0.25, 0.3) is 0 Å². The second kappa shape index (κ2) is 5.84. The van der Waals surface area contributed by atoms with Gasteiger partial charge in [-0.25, -0.2) is 13.4 Å². The Balaban J connectivity index is 2.09. The second-order valence-corrected chi connectivity index (χ2v) is 6.55. The first-order chi connectivity index (χ1) is 9.45. The topological polar surface area (TPSA) is 79.4 Å². The molecule has 0 saturated carbocycles. The highest BCUT2D eigenvalue weighted by molar-refractivity contribution is 7.89. The summed E-state index contributed by atoms with van der Waals surface area (Å²) in [4.78, 5) is 14.8. The molecule has 0 aliphatic carbocycles. The zero-order valence-corrected chi connectivity index (χ0v) is 11.9. The summed E-state index contributed by atoms with van der Waals surface area (Å²) < 4.78 is 38.7. The summed E-state index contributed by atoms with van der Waals surface area (Å²) in [7, 11) is -2.10. The van der Waals surface area contributed by atoms with E-state index in [2.05, 4.69) is 10.3 Å². The molecule has 8 heteroatoms. The third kappa shape index (κ3) is 2.96. The maximum absolute atomic E-state index is 12.7. The minimum atomic E-state index is -3.66. The molecule has 1 aliphatic heterocycles. The van der Waals surface area contributed by atoms with Gasteiger partial charge in [0.2, 0.25) is 21.9 Å². The Morgan fingerprint density at radius 2 is 2.05 bits per heavy atom. The average Bonchev–Trinajstić information content (AvgIpc) is 2.47. The molecule has 0 radical (unpaired) electrons. The zero-order valence-electron chi connectivity index (χ0n) is 11.0. The molecule has 1 aromatic rings. The predicted molar refractivity (Wildman–Crippen MR) is 69.7 cm³/mol. The minimum absolute atomic E-state index is 0.0303. The first-order valence-electron chi connectivity index (χ1n) is 6.28. The Morgan fingerprint density at radius 3 is 2.55 bits per heavy atom. The van der Waals surface area contributed by atoms with Crippen LogP contribution in [0.3, 0.4) is 0 Å². The maximum atomic E-state index is 12.7. The predicted octanol–water partition coefficient (Wildman–Crippen LogP) is 0.367. The molecular weight excluding hydrogens is 285 g/mol. The molecule has 1 saturated heterocycles. The summed E-state index contributed by atoms with van der Waals surface area (Å²) in [5.74, 6) is -0.939. The Labute approximate surface area is 117 Å². The van der Waals surface area contributed by atoms with Crippen LogP contribution >= 0.6 is 0 Å². The molecule has 0 aromatic carbocycles. The summed E-state index contributed by atoms with van der Waals surface area (Å²) in [6, 6.07) is 2.21. The van der Waals surface area contributed by atoms with E-state index < -0.39 is 16.0 Å². The number of pyridine rings is 1. The van der Waals surface area contributed by atoms with Gasteiger partial charge in [-0.2, -0.15) is 8.70 Å². The van der Waals surface area contributed by atoms with Gasteiger partial charge in [-0.3, -0.25) is 4.79 Å². The number of nitrogens with zero attached hydrogens (tertiary/aromatic N) is 2. The van der Waals surface area contributed by atoms with E-state index in [1.807, 2.05) is 0 Å². The van der Waals surface area contributed by atoms with Gasteiger partial charge in [0.25, 0.3) is 0 Å². The molecule has 0 bridgehead atoms. The lowest BCUT2D eigenvalue weighted by Gasteiger charge is -2.30. The van der Waals surface area contributed by atoms with Crippen LogP contribution in [0, 0.1) is 11.9 Å². The van der Waals surface area contributed by atoms with E-state index in [1.54, 1.807) is 7.05 Å². The molecule has 2 heterocycles. The average molecular weight is 301 g/mol. The van der Waals surface area contributed by atoms with Crippen molar-refractivity contribution in [3.63, 3.8) is 0 Å². The highest BCUT2D eigenvalue weighted by atomic mass is 32.2. The third-order valence-corrected chi connectivity index (χ3v) is 5.29. The lowest BCUT2D eigenvalue weighted by Crippen LogP contribution is -2.42. The lowest BCUT2D eigenvalue weighted by molar-refractivity contribution is -0.125. The summed E-state index contributed by atoms with van der Waals surface area (Å²) in [5.41, 5.74) is 0. The highest BCUT2D eigenvalue weighted by Gasteiger charge is 2.31. The summed E-state index contributed by atoms with van der Waals surface area (Å²) in [6.45, 7) is 0.551. The van der Waals surface area contributed by atoms with Crippen LogP contribution in [0.1, 0.15) is 12.8 Å². The van der Waals surface area contributed by atoms with Crippen molar-refractivity contribution in [2.24, 2.45) is 5.92 Å². The Kier molecular flexibility index (Phi) is 4.34. The number of piperidine rings is 1. The van der Waals surface area contributed by atoms with Crippen LogP contribution in [0.4, 0.5) is 4.39 Å². The van der Waals surface area contributed by atoms with Crippen molar-refractivity contribution in [3.05, 3.63) is 24.3 Å². The molecule has 6 nitrogen and oxygen atoms in total. The fourth-order valence-corrected chi connectivity index (χ4v) is 3.64. The molecule has 0 spiro atoms. The van der Waals surface area contributed by atoms with E-state index in [9.17, 15) is 17.6 Å². The summed E-state index contributed by atoms with van der Waals surface area (Å²) >= 11 is 0. The first-order valence-corrected chi connectivity index (χ1v) is 7.72. The fourth-order valence-electron chi connectivity index (χ4n) is 2.23. The normalized spacial score (nSPS) is 17.9. The zero-order chi connectivity index (χ0) is 14.8. The van der Waals surface area contributed by atoms with E-state index in [0.29, 0.717) is 12.8 Å². The van der Waals surface area contributed by atoms with Crippen molar-refractivity contribution in [2.75, 3.05) is 20.1 Å². The highest BCUT2D eigenvalue weighted by Crippen LogP contribution is 2.23. The molecule has 2 rings (SSSR count). The van der Waals surface area contributed by atoms with Gasteiger partial charge in [0, 0.05) is 26.1 Å². The van der Waals surface area contributed by atoms with Gasteiger partial charge in [0.05, 0.1) is 6.20 Å². The Morgan fingerprint density at radius 1 is 1.40 bits per heavy atom. The van der Waals surface area contributed by atoms with Crippen molar-refractivity contribution in [1.29, 1.82) is 0 Å². The van der Waals surface area contributed by atoms with Crippen molar-refractivity contribution >= 4 is 15.9 Å². The van der Waals surface area contributed by atoms with Gasteiger partial charge in [-0.05, 0) is 25.0 Å². The van der Waals surface area contributed by atoms with E-state index in [1.165, 1.54) is 10.4 Å². The number of halogens is 1. The SMILES string of the molecule is CNC(=O)C1CCN(S(=O)(=O)c2ccc(F)nc2)CC1. The number of hydrogen-bond donors (Lipinski definition) is 1. The van der Waals surface area contributed by atoms with Crippen LogP contribution in [0.2, 0.25) is 0 Å². The number of sulfonamides is 1. The monoisotopic (exact) mass is 301 g/mol. The van der Waals surface area contributed by atoms with Gasteiger partial charge in [0.15, 0.2) is 0 Å². The molecule has 0 atom stereocenters. The number of carbonyl (C=O) groups is 1. The van der Waals surface area contributed by atoms with E-state index in [0.717, 1.165) is 12.3 Å². The number of hydrogen-bond acceptors (Lipinski definition) is 4. The van der Waals surface area contributed by atoms with E-state index in [-0.39, 0.29) is 29.8 Å². The van der Waals surface area contributed by atoms with E-state index >= 15 is 0 Å². The molecule has 1 amide bonds. The third-order valence-electron chi connectivity index (χ3n) is 3.41. The number of aromatic nitrogens is 1. The van der Waals surface area contributed by atoms with Crippen molar-refractivity contribution < 1.29 is 17.6 Å². The quantitative estimate of drug-likeness (QED) is 0.818. The Bertz CT molecular complexity index is 580. The molecule has 1 N–H and O–H groups in total. The van der Waals surface area contributed by atoms with Crippen LogP contribution < -0.4 is 5.32 Å². The molecule has 20 heavy (non-hydrogen) atoms. The molecule has 110 valence electrons.